The highest BCUT2D eigenvalue weighted by molar-refractivity contribution is 5.77. The van der Waals surface area contributed by atoms with Crippen LogP contribution in [-0.4, -0.2) is 42.2 Å². The molecule has 0 saturated carbocycles. The average Bonchev–Trinajstić information content (AvgIpc) is 2.54. The Morgan fingerprint density at radius 2 is 2.00 bits per heavy atom. The maximum atomic E-state index is 12.2. The zero-order chi connectivity index (χ0) is 15.3. The van der Waals surface area contributed by atoms with Crippen LogP contribution in [0.15, 0.2) is 24.3 Å². The number of aryl methyl sites for hydroxylation is 1. The molecule has 4 heteroatoms. The van der Waals surface area contributed by atoms with Crippen molar-refractivity contribution in [3.05, 3.63) is 29.8 Å². The van der Waals surface area contributed by atoms with Crippen LogP contribution in [0.2, 0.25) is 0 Å². The first-order valence-corrected chi connectivity index (χ1v) is 7.67. The second kappa shape index (κ2) is 6.94. The molecule has 1 aromatic rings. The summed E-state index contributed by atoms with van der Waals surface area (Å²) in [6, 6.07) is 7.71. The van der Waals surface area contributed by atoms with Crippen LogP contribution in [0.5, 0.6) is 5.75 Å². The van der Waals surface area contributed by atoms with Crippen LogP contribution in [0.25, 0.3) is 0 Å². The molecular formula is C17H25NO3. The van der Waals surface area contributed by atoms with Crippen molar-refractivity contribution in [1.82, 2.24) is 4.90 Å². The van der Waals surface area contributed by atoms with E-state index in [-0.39, 0.29) is 24.5 Å². The summed E-state index contributed by atoms with van der Waals surface area (Å²) < 4.78 is 5.62. The predicted molar refractivity (Wildman–Crippen MR) is 82.3 cm³/mol. The fraction of sp³-hybridized carbons (Fsp3) is 0.588. The third-order valence-corrected chi connectivity index (χ3v) is 4.71. The number of aliphatic hydroxyl groups is 1. The molecule has 1 aliphatic heterocycles. The summed E-state index contributed by atoms with van der Waals surface area (Å²) in [5.74, 6) is 0.794. The molecule has 0 radical (unpaired) electrons. The van der Waals surface area contributed by atoms with Gasteiger partial charge in [0.05, 0.1) is 0 Å². The molecule has 1 N–H and O–H groups in total. The number of ether oxygens (including phenoxy) is 1. The van der Waals surface area contributed by atoms with E-state index in [0.29, 0.717) is 13.1 Å². The molecular weight excluding hydrogens is 266 g/mol. The lowest BCUT2D eigenvalue weighted by Gasteiger charge is -2.40. The smallest absolute Gasteiger partial charge is 0.260 e. The van der Waals surface area contributed by atoms with Crippen molar-refractivity contribution in [3.8, 4) is 5.75 Å². The lowest BCUT2D eigenvalue weighted by molar-refractivity contribution is -0.136. The number of benzene rings is 1. The second-order valence-electron chi connectivity index (χ2n) is 5.95. The van der Waals surface area contributed by atoms with Crippen molar-refractivity contribution >= 4 is 5.91 Å². The van der Waals surface area contributed by atoms with Gasteiger partial charge in [0.25, 0.3) is 5.91 Å². The van der Waals surface area contributed by atoms with E-state index < -0.39 is 0 Å². The fourth-order valence-corrected chi connectivity index (χ4v) is 2.80. The minimum atomic E-state index is 0.00759. The highest BCUT2D eigenvalue weighted by atomic mass is 16.5. The van der Waals surface area contributed by atoms with Crippen LogP contribution in [0.3, 0.4) is 0 Å². The van der Waals surface area contributed by atoms with Gasteiger partial charge in [-0.3, -0.25) is 4.79 Å². The molecule has 1 fully saturated rings. The van der Waals surface area contributed by atoms with Gasteiger partial charge in [0, 0.05) is 19.7 Å². The molecule has 0 bridgehead atoms. The Hall–Kier alpha value is -1.55. The second-order valence-corrected chi connectivity index (χ2v) is 5.95. The Morgan fingerprint density at radius 3 is 2.57 bits per heavy atom. The van der Waals surface area contributed by atoms with Crippen molar-refractivity contribution in [2.24, 2.45) is 5.41 Å². The van der Waals surface area contributed by atoms with Gasteiger partial charge in [-0.05, 0) is 43.2 Å². The van der Waals surface area contributed by atoms with Crippen LogP contribution >= 0.6 is 0 Å². The number of rotatable bonds is 5. The van der Waals surface area contributed by atoms with Crippen molar-refractivity contribution in [2.45, 2.75) is 33.1 Å². The highest BCUT2D eigenvalue weighted by Gasteiger charge is 2.33. The Balaban J connectivity index is 1.84. The molecule has 21 heavy (non-hydrogen) atoms. The topological polar surface area (TPSA) is 49.8 Å². The van der Waals surface area contributed by atoms with E-state index in [1.54, 1.807) is 0 Å². The molecule has 1 aliphatic rings. The zero-order valence-electron chi connectivity index (χ0n) is 13.0. The van der Waals surface area contributed by atoms with Crippen LogP contribution in [-0.2, 0) is 4.79 Å². The van der Waals surface area contributed by atoms with Crippen molar-refractivity contribution in [2.75, 3.05) is 26.3 Å². The van der Waals surface area contributed by atoms with Gasteiger partial charge in [0.15, 0.2) is 6.61 Å². The molecule has 0 aliphatic carbocycles. The SMILES string of the molecule is CCC1(CO)CCN(C(=O)COc2ccccc2C)CC1. The number of carbonyl (C=O) groups is 1. The van der Waals surface area contributed by atoms with Crippen LogP contribution < -0.4 is 4.74 Å². The molecule has 2 rings (SSSR count). The Labute approximate surface area is 126 Å². The van der Waals surface area contributed by atoms with Gasteiger partial charge in [-0.15, -0.1) is 0 Å². The van der Waals surface area contributed by atoms with E-state index in [9.17, 15) is 9.90 Å². The lowest BCUT2D eigenvalue weighted by atomic mass is 9.77. The van der Waals surface area contributed by atoms with Crippen LogP contribution in [0.4, 0.5) is 0 Å². The highest BCUT2D eigenvalue weighted by Crippen LogP contribution is 2.34. The summed E-state index contributed by atoms with van der Waals surface area (Å²) in [6.45, 7) is 5.80. The molecule has 1 aromatic carbocycles. The molecule has 0 spiro atoms. The summed E-state index contributed by atoms with van der Waals surface area (Å²) in [5.41, 5.74) is 1.04. The summed E-state index contributed by atoms with van der Waals surface area (Å²) in [7, 11) is 0. The third kappa shape index (κ3) is 3.76. The Bertz CT molecular complexity index is 473. The number of likely N-dealkylation sites (tertiary alicyclic amines) is 1. The molecule has 1 saturated heterocycles. The van der Waals surface area contributed by atoms with Crippen LogP contribution in [0.1, 0.15) is 31.7 Å². The fourth-order valence-electron chi connectivity index (χ4n) is 2.80. The summed E-state index contributed by atoms with van der Waals surface area (Å²) in [4.78, 5) is 14.1. The first-order chi connectivity index (χ1) is 10.1. The van der Waals surface area contributed by atoms with E-state index in [2.05, 4.69) is 6.92 Å². The summed E-state index contributed by atoms with van der Waals surface area (Å²) >= 11 is 0. The lowest BCUT2D eigenvalue weighted by Crippen LogP contribution is -2.46. The normalized spacial score (nSPS) is 17.6. The van der Waals surface area contributed by atoms with Gasteiger partial charge in [-0.2, -0.15) is 0 Å². The Kier molecular flexibility index (Phi) is 5.23. The molecule has 116 valence electrons. The van der Waals surface area contributed by atoms with Gasteiger partial charge in [-0.1, -0.05) is 25.1 Å². The summed E-state index contributed by atoms with van der Waals surface area (Å²) in [5, 5.41) is 9.52. The standard InChI is InChI=1S/C17H25NO3/c1-3-17(13-19)8-10-18(11-9-17)16(20)12-21-15-7-5-4-6-14(15)2/h4-7,19H,3,8-13H2,1-2H3. The molecule has 0 atom stereocenters. The number of carbonyl (C=O) groups excluding carboxylic acids is 1. The third-order valence-electron chi connectivity index (χ3n) is 4.71. The van der Waals surface area contributed by atoms with Gasteiger partial charge in [0.1, 0.15) is 5.75 Å². The average molecular weight is 291 g/mol. The predicted octanol–water partition coefficient (Wildman–Crippen LogP) is 2.38. The van der Waals surface area contributed by atoms with Crippen LogP contribution in [0, 0.1) is 12.3 Å². The van der Waals surface area contributed by atoms with Crippen molar-refractivity contribution in [3.63, 3.8) is 0 Å². The van der Waals surface area contributed by atoms with Gasteiger partial charge >= 0.3 is 0 Å². The van der Waals surface area contributed by atoms with Crippen molar-refractivity contribution in [1.29, 1.82) is 0 Å². The van der Waals surface area contributed by atoms with E-state index >= 15 is 0 Å². The van der Waals surface area contributed by atoms with Crippen molar-refractivity contribution < 1.29 is 14.6 Å². The minimum Gasteiger partial charge on any atom is -0.484 e. The molecule has 1 amide bonds. The monoisotopic (exact) mass is 291 g/mol. The quantitative estimate of drug-likeness (QED) is 0.906. The molecule has 1 heterocycles. The van der Waals surface area contributed by atoms with Gasteiger partial charge in [-0.25, -0.2) is 0 Å². The van der Waals surface area contributed by atoms with Gasteiger partial charge in [0.2, 0.25) is 0 Å². The van der Waals surface area contributed by atoms with E-state index in [0.717, 1.165) is 30.6 Å². The number of para-hydroxylation sites is 1. The number of hydrogen-bond acceptors (Lipinski definition) is 3. The maximum Gasteiger partial charge on any atom is 0.260 e. The number of amides is 1. The number of nitrogens with zero attached hydrogens (tertiary/aromatic N) is 1. The maximum absolute atomic E-state index is 12.2. The van der Waals surface area contributed by atoms with Gasteiger partial charge < -0.3 is 14.7 Å². The Morgan fingerprint density at radius 1 is 1.33 bits per heavy atom. The first-order valence-electron chi connectivity index (χ1n) is 7.67. The van der Waals surface area contributed by atoms with E-state index in [1.165, 1.54) is 0 Å². The zero-order valence-corrected chi connectivity index (χ0v) is 13.0. The largest absolute Gasteiger partial charge is 0.484 e. The number of piperidine rings is 1. The number of aliphatic hydroxyl groups excluding tert-OH is 1. The van der Waals surface area contributed by atoms with E-state index in [1.807, 2.05) is 36.1 Å². The first kappa shape index (κ1) is 15.8. The minimum absolute atomic E-state index is 0.00759. The molecule has 0 aromatic heterocycles. The summed E-state index contributed by atoms with van der Waals surface area (Å²) in [6.07, 6.45) is 2.71. The van der Waals surface area contributed by atoms with E-state index in [4.69, 9.17) is 4.74 Å². The molecule has 4 nitrogen and oxygen atoms in total. The molecule has 0 unspecified atom stereocenters. The number of hydrogen-bond donors (Lipinski definition) is 1.